The van der Waals surface area contributed by atoms with Gasteiger partial charge in [-0.25, -0.2) is 0 Å². The van der Waals surface area contributed by atoms with E-state index in [1.54, 1.807) is 6.08 Å². The van der Waals surface area contributed by atoms with Gasteiger partial charge in [0.25, 0.3) is 0 Å². The van der Waals surface area contributed by atoms with Crippen LogP contribution >= 0.6 is 0 Å². The summed E-state index contributed by atoms with van der Waals surface area (Å²) >= 11 is 0. The predicted octanol–water partition coefficient (Wildman–Crippen LogP) is 6.54. The third-order valence-corrected chi connectivity index (χ3v) is 4.54. The average Bonchev–Trinajstić information content (AvgIpc) is 3.00. The summed E-state index contributed by atoms with van der Waals surface area (Å²) in [6, 6.07) is 25.6. The molecule has 120 valence electrons. The number of aromatic nitrogens is 1. The van der Waals surface area contributed by atoms with Crippen LogP contribution in [0.1, 0.15) is 5.56 Å². The monoisotopic (exact) mass is 321 g/mol. The summed E-state index contributed by atoms with van der Waals surface area (Å²) in [6.07, 6.45) is 5.66. The van der Waals surface area contributed by atoms with Crippen molar-refractivity contribution in [1.82, 2.24) is 4.57 Å². The number of allylic oxidation sites excluding steroid dienone is 4. The van der Waals surface area contributed by atoms with E-state index in [9.17, 15) is 0 Å². The van der Waals surface area contributed by atoms with Crippen molar-refractivity contribution < 1.29 is 0 Å². The van der Waals surface area contributed by atoms with Crippen molar-refractivity contribution in [2.24, 2.45) is 0 Å². The minimum absolute atomic E-state index is 1.08. The zero-order valence-electron chi connectivity index (χ0n) is 14.0. The molecule has 0 aliphatic carbocycles. The largest absolute Gasteiger partial charge is 0.309 e. The number of hydrogen-bond acceptors (Lipinski definition) is 0. The Morgan fingerprint density at radius 2 is 1.48 bits per heavy atom. The van der Waals surface area contributed by atoms with Gasteiger partial charge in [0.2, 0.25) is 0 Å². The highest BCUT2D eigenvalue weighted by Gasteiger charge is 2.12. The molecular weight excluding hydrogens is 302 g/mol. The van der Waals surface area contributed by atoms with Crippen LogP contribution in [0.5, 0.6) is 0 Å². The predicted molar refractivity (Wildman–Crippen MR) is 109 cm³/mol. The third-order valence-electron chi connectivity index (χ3n) is 4.54. The first-order valence-electron chi connectivity index (χ1n) is 8.37. The molecule has 0 saturated heterocycles. The molecule has 0 fully saturated rings. The molecule has 0 aliphatic rings. The molecule has 4 rings (SSSR count). The van der Waals surface area contributed by atoms with Crippen LogP contribution in [-0.4, -0.2) is 4.57 Å². The molecular formula is C24H19N. The molecule has 0 radical (unpaired) electrons. The first-order valence-corrected chi connectivity index (χ1v) is 8.37. The van der Waals surface area contributed by atoms with E-state index in [1.807, 2.05) is 18.2 Å². The average molecular weight is 321 g/mol. The van der Waals surface area contributed by atoms with E-state index in [2.05, 4.69) is 84.5 Å². The molecule has 1 aromatic heterocycles. The van der Waals surface area contributed by atoms with Gasteiger partial charge in [0.05, 0.1) is 11.0 Å². The number of rotatable bonds is 4. The molecule has 0 unspecified atom stereocenters. The Morgan fingerprint density at radius 1 is 0.760 bits per heavy atom. The summed E-state index contributed by atoms with van der Waals surface area (Å²) in [5.41, 5.74) is 5.82. The van der Waals surface area contributed by atoms with Crippen molar-refractivity contribution in [3.8, 4) is 5.69 Å². The first kappa shape index (κ1) is 15.2. The summed E-state index contributed by atoms with van der Waals surface area (Å²) in [5, 5.41) is 2.50. The van der Waals surface area contributed by atoms with Gasteiger partial charge in [0.1, 0.15) is 0 Å². The zero-order chi connectivity index (χ0) is 17.2. The summed E-state index contributed by atoms with van der Waals surface area (Å²) in [4.78, 5) is 0. The zero-order valence-corrected chi connectivity index (χ0v) is 14.0. The van der Waals surface area contributed by atoms with E-state index in [0.717, 1.165) is 11.1 Å². The number of para-hydroxylation sites is 2. The van der Waals surface area contributed by atoms with Gasteiger partial charge >= 0.3 is 0 Å². The van der Waals surface area contributed by atoms with Gasteiger partial charge in [-0.1, -0.05) is 73.9 Å². The quantitative estimate of drug-likeness (QED) is 0.376. The highest BCUT2D eigenvalue weighted by molar-refractivity contribution is 6.10. The van der Waals surface area contributed by atoms with Crippen molar-refractivity contribution in [2.45, 2.75) is 0 Å². The minimum Gasteiger partial charge on any atom is -0.309 e. The summed E-state index contributed by atoms with van der Waals surface area (Å²) in [6.45, 7) is 7.73. The SMILES string of the molecule is C=C/C=C(\C=C)c1ccc2c(c1)c1ccccc1n2-c1ccccc1. The lowest BCUT2D eigenvalue weighted by Gasteiger charge is -2.08. The molecule has 1 heteroatoms. The number of nitrogens with zero attached hydrogens (tertiary/aromatic N) is 1. The van der Waals surface area contributed by atoms with Gasteiger partial charge in [-0.3, -0.25) is 0 Å². The van der Waals surface area contributed by atoms with Crippen molar-refractivity contribution in [3.63, 3.8) is 0 Å². The Morgan fingerprint density at radius 3 is 2.24 bits per heavy atom. The topological polar surface area (TPSA) is 4.93 Å². The smallest absolute Gasteiger partial charge is 0.0541 e. The summed E-state index contributed by atoms with van der Waals surface area (Å²) in [5.74, 6) is 0. The fourth-order valence-corrected chi connectivity index (χ4v) is 3.42. The van der Waals surface area contributed by atoms with Gasteiger partial charge in [-0.2, -0.15) is 0 Å². The van der Waals surface area contributed by atoms with Crippen LogP contribution in [0.2, 0.25) is 0 Å². The third kappa shape index (κ3) is 2.50. The van der Waals surface area contributed by atoms with Gasteiger partial charge in [0, 0.05) is 16.5 Å². The van der Waals surface area contributed by atoms with Crippen LogP contribution < -0.4 is 0 Å². The molecule has 1 heterocycles. The second-order valence-electron chi connectivity index (χ2n) is 5.98. The number of benzene rings is 3. The van der Waals surface area contributed by atoms with E-state index in [-0.39, 0.29) is 0 Å². The molecule has 0 N–H and O–H groups in total. The van der Waals surface area contributed by atoms with Crippen LogP contribution in [-0.2, 0) is 0 Å². The van der Waals surface area contributed by atoms with Gasteiger partial charge in [0.15, 0.2) is 0 Å². The van der Waals surface area contributed by atoms with E-state index in [1.165, 1.54) is 27.5 Å². The van der Waals surface area contributed by atoms with E-state index >= 15 is 0 Å². The number of hydrogen-bond donors (Lipinski definition) is 0. The van der Waals surface area contributed by atoms with Gasteiger partial charge in [-0.05, 0) is 41.5 Å². The Bertz CT molecular complexity index is 1110. The second kappa shape index (κ2) is 6.29. The fraction of sp³-hybridized carbons (Fsp3) is 0. The Balaban J connectivity index is 2.08. The molecule has 0 spiro atoms. The lowest BCUT2D eigenvalue weighted by molar-refractivity contribution is 1.18. The fourth-order valence-electron chi connectivity index (χ4n) is 3.42. The van der Waals surface area contributed by atoms with Crippen molar-refractivity contribution in [1.29, 1.82) is 0 Å². The van der Waals surface area contributed by atoms with Crippen molar-refractivity contribution in [2.75, 3.05) is 0 Å². The standard InChI is InChI=1S/C24H19N/c1-3-10-18(4-2)19-15-16-24-22(17-19)21-13-8-9-14-23(21)25(24)20-11-6-5-7-12-20/h3-17H,1-2H2/b18-10+. The van der Waals surface area contributed by atoms with Crippen LogP contribution in [0.25, 0.3) is 33.1 Å². The molecule has 25 heavy (non-hydrogen) atoms. The first-order chi connectivity index (χ1) is 12.3. The molecule has 4 aromatic rings. The summed E-state index contributed by atoms with van der Waals surface area (Å²) < 4.78 is 2.32. The van der Waals surface area contributed by atoms with Crippen LogP contribution in [0.4, 0.5) is 0 Å². The lowest BCUT2D eigenvalue weighted by atomic mass is 10.0. The highest BCUT2D eigenvalue weighted by Crippen LogP contribution is 2.33. The van der Waals surface area contributed by atoms with Crippen LogP contribution in [0.15, 0.2) is 104 Å². The molecule has 0 saturated carbocycles. The maximum Gasteiger partial charge on any atom is 0.0541 e. The highest BCUT2D eigenvalue weighted by atomic mass is 15.0. The number of fused-ring (bicyclic) bond motifs is 3. The maximum atomic E-state index is 3.93. The molecule has 0 amide bonds. The minimum atomic E-state index is 1.08. The Hall–Kier alpha value is -3.32. The van der Waals surface area contributed by atoms with Gasteiger partial charge in [-0.15, -0.1) is 0 Å². The van der Waals surface area contributed by atoms with Crippen LogP contribution in [0, 0.1) is 0 Å². The molecule has 0 bridgehead atoms. The summed E-state index contributed by atoms with van der Waals surface area (Å²) in [7, 11) is 0. The molecule has 1 nitrogen and oxygen atoms in total. The second-order valence-corrected chi connectivity index (χ2v) is 5.98. The van der Waals surface area contributed by atoms with Gasteiger partial charge < -0.3 is 4.57 Å². The Kier molecular flexibility index (Phi) is 3.83. The maximum absolute atomic E-state index is 3.93. The van der Waals surface area contributed by atoms with E-state index in [0.29, 0.717) is 0 Å². The lowest BCUT2D eigenvalue weighted by Crippen LogP contribution is -1.93. The molecule has 3 aromatic carbocycles. The van der Waals surface area contributed by atoms with Crippen molar-refractivity contribution in [3.05, 3.63) is 110 Å². The molecule has 0 aliphatic heterocycles. The van der Waals surface area contributed by atoms with Crippen LogP contribution in [0.3, 0.4) is 0 Å². The molecule has 0 atom stereocenters. The van der Waals surface area contributed by atoms with E-state index in [4.69, 9.17) is 0 Å². The van der Waals surface area contributed by atoms with E-state index < -0.39 is 0 Å². The normalized spacial score (nSPS) is 11.8. The Labute approximate surface area is 147 Å². The van der Waals surface area contributed by atoms with Crippen molar-refractivity contribution >= 4 is 27.4 Å².